The predicted molar refractivity (Wildman–Crippen MR) is 129 cm³/mol. The number of aliphatic hydroxyl groups excluding tert-OH is 2. The van der Waals surface area contributed by atoms with Gasteiger partial charge in [-0.2, -0.15) is 0 Å². The predicted octanol–water partition coefficient (Wildman–Crippen LogP) is 0.608. The van der Waals surface area contributed by atoms with E-state index in [0.29, 0.717) is 30.1 Å². The van der Waals surface area contributed by atoms with Gasteiger partial charge in [0, 0.05) is 36.1 Å². The van der Waals surface area contributed by atoms with E-state index in [4.69, 9.17) is 5.73 Å². The maximum atomic E-state index is 13.6. The highest BCUT2D eigenvalue weighted by Gasteiger charge is 2.60. The van der Waals surface area contributed by atoms with Crippen LogP contribution in [0.4, 0.5) is 0 Å². The van der Waals surface area contributed by atoms with Gasteiger partial charge in [-0.05, 0) is 57.3 Å². The van der Waals surface area contributed by atoms with Crippen LogP contribution in [0.3, 0.4) is 0 Å². The Hall–Kier alpha value is -3.21. The van der Waals surface area contributed by atoms with Gasteiger partial charge in [0.05, 0.1) is 5.56 Å². The summed E-state index contributed by atoms with van der Waals surface area (Å²) in [4.78, 5) is 40.0. The van der Waals surface area contributed by atoms with E-state index >= 15 is 0 Å². The van der Waals surface area contributed by atoms with Crippen LogP contribution in [0.2, 0.25) is 0 Å². The lowest BCUT2D eigenvalue weighted by Crippen LogP contribution is -2.58. The molecule has 3 atom stereocenters. The molecule has 1 heterocycles. The zero-order valence-electron chi connectivity index (χ0n) is 20.1. The van der Waals surface area contributed by atoms with Crippen LogP contribution in [-0.2, 0) is 27.3 Å². The second-order valence-electron chi connectivity index (χ2n) is 10.5. The van der Waals surface area contributed by atoms with Gasteiger partial charge in [0.25, 0.3) is 5.91 Å². The molecule has 0 bridgehead atoms. The fourth-order valence-electron chi connectivity index (χ4n) is 6.25. The number of likely N-dealkylation sites (tertiary alicyclic amines) is 1. The fraction of sp³-hybridized carbons (Fsp3) is 0.500. The van der Waals surface area contributed by atoms with Crippen LogP contribution in [0.5, 0.6) is 5.75 Å². The highest BCUT2D eigenvalue weighted by Crippen LogP contribution is 2.52. The molecule has 4 aliphatic rings. The molecule has 0 radical (unpaired) electrons. The van der Waals surface area contributed by atoms with Crippen molar-refractivity contribution in [3.05, 3.63) is 45.7 Å². The molecular weight excluding hydrogens is 466 g/mol. The molecule has 1 saturated carbocycles. The van der Waals surface area contributed by atoms with E-state index in [1.165, 1.54) is 0 Å². The molecule has 5 rings (SSSR count). The Morgan fingerprint density at radius 3 is 2.53 bits per heavy atom. The topological polar surface area (TPSA) is 173 Å². The van der Waals surface area contributed by atoms with E-state index in [0.717, 1.165) is 25.9 Å². The van der Waals surface area contributed by atoms with Crippen LogP contribution in [0.25, 0.3) is 5.76 Å². The third-order valence-electron chi connectivity index (χ3n) is 8.32. The number of nitrogens with zero attached hydrogens (tertiary/aromatic N) is 1. The highest BCUT2D eigenvalue weighted by molar-refractivity contribution is 6.22. The molecule has 0 spiro atoms. The second kappa shape index (κ2) is 8.72. The minimum absolute atomic E-state index is 0.123. The molecule has 3 aliphatic carbocycles. The van der Waals surface area contributed by atoms with Gasteiger partial charge in [0.15, 0.2) is 11.4 Å². The molecule has 2 fully saturated rings. The molecule has 1 saturated heterocycles. The third-order valence-corrected chi connectivity index (χ3v) is 8.32. The van der Waals surface area contributed by atoms with Gasteiger partial charge in [-0.15, -0.1) is 0 Å². The number of aliphatic hydroxyl groups is 3. The molecule has 0 unspecified atom stereocenters. The maximum absolute atomic E-state index is 13.6. The molecule has 1 aliphatic heterocycles. The highest BCUT2D eigenvalue weighted by atomic mass is 16.3. The normalized spacial score (nSPS) is 29.2. The fourth-order valence-corrected chi connectivity index (χ4v) is 6.25. The Morgan fingerprint density at radius 1 is 1.17 bits per heavy atom. The number of hydrogen-bond donors (Lipinski definition) is 6. The molecule has 36 heavy (non-hydrogen) atoms. The van der Waals surface area contributed by atoms with Crippen LogP contribution in [0.1, 0.15) is 42.4 Å². The van der Waals surface area contributed by atoms with Crippen LogP contribution in [0, 0.1) is 11.8 Å². The number of phenols is 1. The van der Waals surface area contributed by atoms with Crippen LogP contribution in [-0.4, -0.2) is 74.6 Å². The summed E-state index contributed by atoms with van der Waals surface area (Å²) in [6.07, 6.45) is 2.09. The maximum Gasteiger partial charge on any atom is 0.255 e. The van der Waals surface area contributed by atoms with Crippen molar-refractivity contribution in [3.63, 3.8) is 0 Å². The number of phenolic OH excluding ortho intramolecular Hbond substituents is 1. The number of ketones is 2. The number of aromatic hydroxyl groups is 1. The third kappa shape index (κ3) is 3.63. The molecule has 7 N–H and O–H groups in total. The summed E-state index contributed by atoms with van der Waals surface area (Å²) in [6.45, 7) is 2.35. The van der Waals surface area contributed by atoms with Crippen molar-refractivity contribution in [2.75, 3.05) is 20.1 Å². The lowest BCUT2D eigenvalue weighted by molar-refractivity contribution is -0.147. The number of benzene rings is 1. The van der Waals surface area contributed by atoms with E-state index in [1.807, 2.05) is 6.07 Å². The van der Waals surface area contributed by atoms with Gasteiger partial charge in [-0.1, -0.05) is 12.1 Å². The number of piperidine rings is 1. The van der Waals surface area contributed by atoms with Crippen molar-refractivity contribution in [2.24, 2.45) is 17.6 Å². The lowest BCUT2D eigenvalue weighted by atomic mass is 9.59. The van der Waals surface area contributed by atoms with Crippen LogP contribution < -0.4 is 11.1 Å². The SMILES string of the molecule is CN1CCC(NCc2ccc3c(c2O)C(O)=C2C(=O)[C@]4(O)C(O)=C(C(N)=O)C(=O)C[C@@H]4C[C@@H]2C3)CC1. The summed E-state index contributed by atoms with van der Waals surface area (Å²) in [5.41, 5.74) is 3.11. The van der Waals surface area contributed by atoms with E-state index in [-0.39, 0.29) is 29.7 Å². The number of carbonyl (C=O) groups is 3. The van der Waals surface area contributed by atoms with Gasteiger partial charge in [0.1, 0.15) is 22.8 Å². The number of nitrogens with two attached hydrogens (primary N) is 1. The first-order valence-corrected chi connectivity index (χ1v) is 12.3. The summed E-state index contributed by atoms with van der Waals surface area (Å²) in [7, 11) is 2.08. The number of primary amides is 1. The minimum atomic E-state index is -2.54. The van der Waals surface area contributed by atoms with E-state index in [1.54, 1.807) is 6.07 Å². The minimum Gasteiger partial charge on any atom is -0.508 e. The van der Waals surface area contributed by atoms with E-state index in [9.17, 15) is 34.8 Å². The molecule has 0 aromatic heterocycles. The lowest BCUT2D eigenvalue weighted by Gasteiger charge is -2.46. The van der Waals surface area contributed by atoms with Gasteiger partial charge in [0.2, 0.25) is 5.78 Å². The van der Waals surface area contributed by atoms with Gasteiger partial charge in [-0.25, -0.2) is 0 Å². The summed E-state index contributed by atoms with van der Waals surface area (Å²) < 4.78 is 0. The first-order chi connectivity index (χ1) is 17.0. The largest absolute Gasteiger partial charge is 0.508 e. The average Bonchev–Trinajstić information content (AvgIpc) is 2.81. The Bertz CT molecular complexity index is 1230. The van der Waals surface area contributed by atoms with Gasteiger partial charge in [-0.3, -0.25) is 14.4 Å². The Balaban J connectivity index is 1.50. The molecule has 1 aromatic rings. The summed E-state index contributed by atoms with van der Waals surface area (Å²) >= 11 is 0. The van der Waals surface area contributed by atoms with E-state index in [2.05, 4.69) is 17.3 Å². The van der Waals surface area contributed by atoms with Crippen molar-refractivity contribution in [1.82, 2.24) is 10.2 Å². The molecular formula is C26H31N3O7. The molecule has 1 amide bonds. The van der Waals surface area contributed by atoms with Gasteiger partial charge < -0.3 is 36.4 Å². The Labute approximate surface area is 208 Å². The van der Waals surface area contributed by atoms with Crippen molar-refractivity contribution in [1.29, 1.82) is 0 Å². The molecule has 192 valence electrons. The van der Waals surface area contributed by atoms with Crippen molar-refractivity contribution in [2.45, 2.75) is 50.3 Å². The summed E-state index contributed by atoms with van der Waals surface area (Å²) in [6, 6.07) is 3.92. The number of rotatable bonds is 4. The van der Waals surface area contributed by atoms with Crippen molar-refractivity contribution in [3.8, 4) is 5.75 Å². The molecule has 10 nitrogen and oxygen atoms in total. The van der Waals surface area contributed by atoms with Crippen LogP contribution >= 0.6 is 0 Å². The number of fused-ring (bicyclic) bond motifs is 3. The summed E-state index contributed by atoms with van der Waals surface area (Å²) in [5.74, 6) is -6.09. The number of hydrogen-bond acceptors (Lipinski definition) is 9. The van der Waals surface area contributed by atoms with E-state index < -0.39 is 52.0 Å². The van der Waals surface area contributed by atoms with Crippen LogP contribution in [0.15, 0.2) is 29.0 Å². The summed E-state index contributed by atoms with van der Waals surface area (Å²) in [5, 5.41) is 47.7. The van der Waals surface area contributed by atoms with Gasteiger partial charge >= 0.3 is 0 Å². The number of carbonyl (C=O) groups excluding carboxylic acids is 3. The average molecular weight is 498 g/mol. The first-order valence-electron chi connectivity index (χ1n) is 12.3. The first kappa shape index (κ1) is 24.5. The second-order valence-corrected chi connectivity index (χ2v) is 10.5. The number of amides is 1. The quantitative estimate of drug-likeness (QED) is 0.326. The number of nitrogens with one attached hydrogen (secondary N) is 1. The number of Topliss-reactive ketones (excluding diaryl/α,β-unsaturated/α-hetero) is 2. The Morgan fingerprint density at radius 2 is 1.86 bits per heavy atom. The molecule has 10 heteroatoms. The standard InChI is InChI=1S/C26H31N3O7/c1-29-6-4-16(5-7-29)28-11-13-3-2-12-8-14-9-15-10-17(30)20(25(27)35)24(34)26(15,36)23(33)19(14)22(32)18(12)21(13)31/h2-3,14-16,28,31-32,34,36H,4-11H2,1H3,(H2,27,35)/t14-,15-,26-/m0/s1. The Kier molecular flexibility index (Phi) is 5.93. The van der Waals surface area contributed by atoms with Crippen molar-refractivity contribution >= 4 is 23.2 Å². The smallest absolute Gasteiger partial charge is 0.255 e. The monoisotopic (exact) mass is 497 g/mol. The zero-order valence-corrected chi connectivity index (χ0v) is 20.1. The van der Waals surface area contributed by atoms with Crippen molar-refractivity contribution < 1.29 is 34.8 Å². The zero-order chi connectivity index (χ0) is 25.9. The molecule has 1 aromatic carbocycles.